The Labute approximate surface area is 139 Å². The normalized spacial score (nSPS) is 19.0. The number of likely N-dealkylation sites (tertiary alicyclic amines) is 1. The van der Waals surface area contributed by atoms with Gasteiger partial charge in [0.25, 0.3) is 0 Å². The molecule has 8 heteroatoms. The largest absolute Gasteiger partial charge is 0.418 e. The minimum Gasteiger partial charge on any atom is -0.324 e. The SMILES string of the molecule is CNC1CCCN(CC(=O)Nc2ccccc2C(F)(F)F)C1.Cl. The number of halogens is 4. The number of carbonyl (C=O) groups excluding carboxylic acids is 1. The molecule has 1 aromatic rings. The van der Waals surface area contributed by atoms with Crippen LogP contribution in [-0.4, -0.2) is 43.5 Å². The number of benzene rings is 1. The van der Waals surface area contributed by atoms with Crippen LogP contribution in [0.25, 0.3) is 0 Å². The lowest BCUT2D eigenvalue weighted by atomic mass is 10.1. The molecule has 1 fully saturated rings. The lowest BCUT2D eigenvalue weighted by Gasteiger charge is -2.32. The van der Waals surface area contributed by atoms with Gasteiger partial charge in [-0.25, -0.2) is 0 Å². The fourth-order valence-corrected chi connectivity index (χ4v) is 2.67. The van der Waals surface area contributed by atoms with Crippen LogP contribution < -0.4 is 10.6 Å². The van der Waals surface area contributed by atoms with Crippen LogP contribution in [0.2, 0.25) is 0 Å². The molecule has 4 nitrogen and oxygen atoms in total. The summed E-state index contributed by atoms with van der Waals surface area (Å²) in [5.41, 5.74) is -1.02. The van der Waals surface area contributed by atoms with E-state index in [1.54, 1.807) is 0 Å². The molecule has 1 aliphatic rings. The van der Waals surface area contributed by atoms with Gasteiger partial charge in [0, 0.05) is 12.6 Å². The molecule has 0 bridgehead atoms. The van der Waals surface area contributed by atoms with E-state index in [4.69, 9.17) is 0 Å². The molecule has 2 rings (SSSR count). The topological polar surface area (TPSA) is 44.4 Å². The van der Waals surface area contributed by atoms with E-state index in [-0.39, 0.29) is 24.6 Å². The van der Waals surface area contributed by atoms with E-state index in [1.165, 1.54) is 18.2 Å². The number of likely N-dealkylation sites (N-methyl/N-ethyl adjacent to an activating group) is 1. The van der Waals surface area contributed by atoms with E-state index < -0.39 is 17.6 Å². The zero-order valence-corrected chi connectivity index (χ0v) is 13.6. The zero-order chi connectivity index (χ0) is 16.2. The summed E-state index contributed by atoms with van der Waals surface area (Å²) in [6.45, 7) is 1.61. The number of carbonyl (C=O) groups is 1. The second kappa shape index (κ2) is 8.52. The van der Waals surface area contributed by atoms with Crippen molar-refractivity contribution in [3.8, 4) is 0 Å². The Kier molecular flexibility index (Phi) is 7.31. The van der Waals surface area contributed by atoms with Crippen molar-refractivity contribution in [3.05, 3.63) is 29.8 Å². The molecular formula is C15H21ClF3N3O. The van der Waals surface area contributed by atoms with Gasteiger partial charge >= 0.3 is 6.18 Å². The Bertz CT molecular complexity index is 525. The Hall–Kier alpha value is -1.31. The second-order valence-corrected chi connectivity index (χ2v) is 5.45. The lowest BCUT2D eigenvalue weighted by Crippen LogP contribution is -2.46. The predicted octanol–water partition coefficient (Wildman–Crippen LogP) is 2.75. The van der Waals surface area contributed by atoms with Crippen LogP contribution in [0.15, 0.2) is 24.3 Å². The van der Waals surface area contributed by atoms with Gasteiger partial charge < -0.3 is 10.6 Å². The quantitative estimate of drug-likeness (QED) is 0.876. The summed E-state index contributed by atoms with van der Waals surface area (Å²) in [4.78, 5) is 14.0. The van der Waals surface area contributed by atoms with Crippen molar-refractivity contribution in [3.63, 3.8) is 0 Å². The van der Waals surface area contributed by atoms with Crippen LogP contribution >= 0.6 is 12.4 Å². The van der Waals surface area contributed by atoms with Gasteiger partial charge in [0.2, 0.25) is 5.91 Å². The Morgan fingerprint density at radius 2 is 2.04 bits per heavy atom. The summed E-state index contributed by atoms with van der Waals surface area (Å²) < 4.78 is 38.7. The van der Waals surface area contributed by atoms with Gasteiger partial charge in [-0.05, 0) is 38.6 Å². The minimum absolute atomic E-state index is 0. The van der Waals surface area contributed by atoms with Crippen molar-refractivity contribution in [1.29, 1.82) is 0 Å². The van der Waals surface area contributed by atoms with Crippen LogP contribution in [0.5, 0.6) is 0 Å². The summed E-state index contributed by atoms with van der Waals surface area (Å²) in [5, 5.41) is 5.54. The first-order valence-corrected chi connectivity index (χ1v) is 7.26. The number of hydrogen-bond donors (Lipinski definition) is 2. The van der Waals surface area contributed by atoms with Gasteiger partial charge in [0.1, 0.15) is 0 Å². The van der Waals surface area contributed by atoms with E-state index in [0.29, 0.717) is 6.04 Å². The monoisotopic (exact) mass is 351 g/mol. The number of rotatable bonds is 4. The molecule has 0 radical (unpaired) electrons. The highest BCUT2D eigenvalue weighted by atomic mass is 35.5. The van der Waals surface area contributed by atoms with E-state index in [1.807, 2.05) is 11.9 Å². The number of anilines is 1. The van der Waals surface area contributed by atoms with E-state index in [0.717, 1.165) is 32.0 Å². The van der Waals surface area contributed by atoms with Crippen molar-refractivity contribution in [2.75, 3.05) is 32.0 Å². The molecule has 1 saturated heterocycles. The minimum atomic E-state index is -4.48. The number of para-hydroxylation sites is 1. The van der Waals surface area contributed by atoms with Crippen molar-refractivity contribution >= 4 is 24.0 Å². The zero-order valence-electron chi connectivity index (χ0n) is 12.8. The number of alkyl halides is 3. The highest BCUT2D eigenvalue weighted by Crippen LogP contribution is 2.34. The highest BCUT2D eigenvalue weighted by Gasteiger charge is 2.33. The molecule has 1 amide bonds. The van der Waals surface area contributed by atoms with Gasteiger partial charge in [-0.2, -0.15) is 13.2 Å². The highest BCUT2D eigenvalue weighted by molar-refractivity contribution is 5.93. The molecule has 130 valence electrons. The standard InChI is InChI=1S/C15H20F3N3O.ClH/c1-19-11-5-4-8-21(9-11)10-14(22)20-13-7-3-2-6-12(13)15(16,17)18;/h2-3,6-7,11,19H,4-5,8-10H2,1H3,(H,20,22);1H. The molecule has 1 aliphatic heterocycles. The van der Waals surface area contributed by atoms with Crippen molar-refractivity contribution in [2.24, 2.45) is 0 Å². The van der Waals surface area contributed by atoms with Gasteiger partial charge in [-0.15, -0.1) is 12.4 Å². The van der Waals surface area contributed by atoms with Gasteiger partial charge in [-0.1, -0.05) is 12.1 Å². The number of amides is 1. The molecule has 23 heavy (non-hydrogen) atoms. The number of nitrogens with one attached hydrogen (secondary N) is 2. The number of nitrogens with zero attached hydrogens (tertiary/aromatic N) is 1. The fraction of sp³-hybridized carbons (Fsp3) is 0.533. The summed E-state index contributed by atoms with van der Waals surface area (Å²) in [6.07, 6.45) is -2.46. The molecular weight excluding hydrogens is 331 g/mol. The van der Waals surface area contributed by atoms with Crippen LogP contribution in [0.3, 0.4) is 0 Å². The third-order valence-electron chi connectivity index (χ3n) is 3.79. The van der Waals surface area contributed by atoms with Gasteiger partial charge in [0.05, 0.1) is 17.8 Å². The summed E-state index contributed by atoms with van der Waals surface area (Å²) in [5.74, 6) is -0.423. The molecule has 2 N–H and O–H groups in total. The van der Waals surface area contributed by atoms with Gasteiger partial charge in [-0.3, -0.25) is 9.69 Å². The van der Waals surface area contributed by atoms with Crippen molar-refractivity contribution in [2.45, 2.75) is 25.1 Å². The van der Waals surface area contributed by atoms with Crippen molar-refractivity contribution < 1.29 is 18.0 Å². The van der Waals surface area contributed by atoms with Crippen LogP contribution in [0.4, 0.5) is 18.9 Å². The predicted molar refractivity (Wildman–Crippen MR) is 85.8 cm³/mol. The number of piperidine rings is 1. The third kappa shape index (κ3) is 5.67. The van der Waals surface area contributed by atoms with Crippen LogP contribution in [0.1, 0.15) is 18.4 Å². The lowest BCUT2D eigenvalue weighted by molar-refractivity contribution is -0.137. The molecule has 1 unspecified atom stereocenters. The molecule has 0 spiro atoms. The van der Waals surface area contributed by atoms with Crippen molar-refractivity contribution in [1.82, 2.24) is 10.2 Å². The molecule has 0 aromatic heterocycles. The first-order chi connectivity index (χ1) is 10.4. The molecule has 1 aromatic carbocycles. The summed E-state index contributed by atoms with van der Waals surface area (Å²) in [6, 6.07) is 5.34. The smallest absolute Gasteiger partial charge is 0.324 e. The average Bonchev–Trinajstić information content (AvgIpc) is 2.46. The Morgan fingerprint density at radius 3 is 2.70 bits per heavy atom. The van der Waals surface area contributed by atoms with Crippen LogP contribution in [-0.2, 0) is 11.0 Å². The molecule has 0 aliphatic carbocycles. The average molecular weight is 352 g/mol. The Morgan fingerprint density at radius 1 is 1.35 bits per heavy atom. The number of hydrogen-bond acceptors (Lipinski definition) is 3. The maximum absolute atomic E-state index is 12.9. The molecule has 1 heterocycles. The molecule has 1 atom stereocenters. The first kappa shape index (κ1) is 19.7. The fourth-order valence-electron chi connectivity index (χ4n) is 2.67. The maximum Gasteiger partial charge on any atom is 0.418 e. The van der Waals surface area contributed by atoms with E-state index in [2.05, 4.69) is 10.6 Å². The third-order valence-corrected chi connectivity index (χ3v) is 3.79. The van der Waals surface area contributed by atoms with E-state index >= 15 is 0 Å². The second-order valence-electron chi connectivity index (χ2n) is 5.45. The summed E-state index contributed by atoms with van der Waals surface area (Å²) >= 11 is 0. The summed E-state index contributed by atoms with van der Waals surface area (Å²) in [7, 11) is 1.87. The van der Waals surface area contributed by atoms with Gasteiger partial charge in [0.15, 0.2) is 0 Å². The van der Waals surface area contributed by atoms with E-state index in [9.17, 15) is 18.0 Å². The first-order valence-electron chi connectivity index (χ1n) is 7.26. The van der Waals surface area contributed by atoms with Crippen LogP contribution in [0, 0.1) is 0 Å². The molecule has 0 saturated carbocycles. The Balaban J connectivity index is 0.00000264. The maximum atomic E-state index is 12.9.